The van der Waals surface area contributed by atoms with Gasteiger partial charge in [-0.1, -0.05) is 11.6 Å². The molecule has 2 aromatic heterocycles. The number of benzene rings is 1. The zero-order chi connectivity index (χ0) is 21.6. The van der Waals surface area contributed by atoms with Crippen LogP contribution in [0.3, 0.4) is 0 Å². The maximum absolute atomic E-state index is 13.3. The summed E-state index contributed by atoms with van der Waals surface area (Å²) in [5, 5.41) is 1.03. The van der Waals surface area contributed by atoms with Crippen molar-refractivity contribution in [3.8, 4) is 0 Å². The minimum absolute atomic E-state index is 0.0560. The largest absolute Gasteiger partial charge is 0.335 e. The van der Waals surface area contributed by atoms with Crippen molar-refractivity contribution in [3.05, 3.63) is 56.6 Å². The van der Waals surface area contributed by atoms with Crippen molar-refractivity contribution < 1.29 is 14.0 Å². The molecule has 1 aliphatic rings. The van der Waals surface area contributed by atoms with Crippen LogP contribution in [0.15, 0.2) is 18.2 Å². The fraction of sp³-hybridized carbons (Fsp3) is 0.333. The minimum atomic E-state index is -0.485. The molecule has 1 aromatic carbocycles. The second kappa shape index (κ2) is 7.92. The highest BCUT2D eigenvalue weighted by Gasteiger charge is 2.29. The Bertz CT molecular complexity index is 1170. The average Bonchev–Trinajstić information content (AvgIpc) is 3.03. The lowest BCUT2D eigenvalue weighted by Crippen LogP contribution is -2.50. The zero-order valence-corrected chi connectivity index (χ0v) is 18.4. The number of carbonyl (C=O) groups excluding carboxylic acids is 2. The summed E-state index contributed by atoms with van der Waals surface area (Å²) < 4.78 is 13.3. The molecular formula is C21H20ClFN4O2S. The molecule has 156 valence electrons. The molecule has 2 amide bonds. The number of amides is 2. The van der Waals surface area contributed by atoms with Crippen molar-refractivity contribution in [1.29, 1.82) is 0 Å². The molecule has 0 radical (unpaired) electrons. The van der Waals surface area contributed by atoms with Gasteiger partial charge in [0.25, 0.3) is 11.8 Å². The standard InChI is InChI=1S/C21H20ClFN4O2S/c1-11-17-12(2)24-13(3)25-19(17)30-18(11)21(29)27-8-6-26(7-9-27)20(28)15-5-4-14(23)10-16(15)22/h4-5,10H,6-9H2,1-3H3. The van der Waals surface area contributed by atoms with Gasteiger partial charge in [-0.2, -0.15) is 0 Å². The van der Waals surface area contributed by atoms with E-state index < -0.39 is 5.82 Å². The van der Waals surface area contributed by atoms with E-state index in [1.54, 1.807) is 9.80 Å². The highest BCUT2D eigenvalue weighted by atomic mass is 35.5. The lowest BCUT2D eigenvalue weighted by molar-refractivity contribution is 0.0538. The number of carbonyl (C=O) groups is 2. The Labute approximate surface area is 182 Å². The van der Waals surface area contributed by atoms with E-state index in [9.17, 15) is 14.0 Å². The number of halogens is 2. The van der Waals surface area contributed by atoms with Gasteiger partial charge in [0.15, 0.2) is 0 Å². The van der Waals surface area contributed by atoms with E-state index in [0.717, 1.165) is 27.5 Å². The fourth-order valence-electron chi connectivity index (χ4n) is 3.77. The van der Waals surface area contributed by atoms with E-state index in [4.69, 9.17) is 11.6 Å². The summed E-state index contributed by atoms with van der Waals surface area (Å²) in [6.45, 7) is 7.30. The highest BCUT2D eigenvalue weighted by molar-refractivity contribution is 7.20. The lowest BCUT2D eigenvalue weighted by atomic mass is 10.1. The van der Waals surface area contributed by atoms with Crippen molar-refractivity contribution in [1.82, 2.24) is 19.8 Å². The van der Waals surface area contributed by atoms with Gasteiger partial charge in [0.05, 0.1) is 15.5 Å². The molecule has 6 nitrogen and oxygen atoms in total. The molecule has 0 unspecified atom stereocenters. The monoisotopic (exact) mass is 446 g/mol. The third kappa shape index (κ3) is 3.65. The predicted molar refractivity (Wildman–Crippen MR) is 115 cm³/mol. The van der Waals surface area contributed by atoms with Crippen LogP contribution in [-0.4, -0.2) is 57.8 Å². The summed E-state index contributed by atoms with van der Waals surface area (Å²) in [6, 6.07) is 3.74. The van der Waals surface area contributed by atoms with Crippen LogP contribution in [-0.2, 0) is 0 Å². The Hall–Kier alpha value is -2.58. The number of nitrogens with zero attached hydrogens (tertiary/aromatic N) is 4. The van der Waals surface area contributed by atoms with Gasteiger partial charge in [-0.25, -0.2) is 14.4 Å². The summed E-state index contributed by atoms with van der Waals surface area (Å²) in [4.78, 5) is 39.6. The van der Waals surface area contributed by atoms with E-state index in [-0.39, 0.29) is 22.4 Å². The van der Waals surface area contributed by atoms with Crippen molar-refractivity contribution >= 4 is 45.0 Å². The van der Waals surface area contributed by atoms with Gasteiger partial charge in [-0.3, -0.25) is 9.59 Å². The Morgan fingerprint density at radius 3 is 2.30 bits per heavy atom. The number of thiophene rings is 1. The van der Waals surface area contributed by atoms with Gasteiger partial charge in [0.2, 0.25) is 0 Å². The summed E-state index contributed by atoms with van der Waals surface area (Å²) in [7, 11) is 0. The van der Waals surface area contributed by atoms with Crippen molar-refractivity contribution in [2.45, 2.75) is 20.8 Å². The molecule has 1 aliphatic heterocycles. The van der Waals surface area contributed by atoms with Gasteiger partial charge in [0, 0.05) is 37.3 Å². The van der Waals surface area contributed by atoms with Crippen LogP contribution in [0.25, 0.3) is 10.2 Å². The second-order valence-electron chi connectivity index (χ2n) is 7.30. The molecule has 0 atom stereocenters. The summed E-state index contributed by atoms with van der Waals surface area (Å²) in [5.74, 6) is -0.112. The van der Waals surface area contributed by atoms with E-state index >= 15 is 0 Å². The normalized spacial score (nSPS) is 14.4. The van der Waals surface area contributed by atoms with E-state index in [2.05, 4.69) is 9.97 Å². The van der Waals surface area contributed by atoms with Crippen molar-refractivity contribution in [2.24, 2.45) is 0 Å². The summed E-state index contributed by atoms with van der Waals surface area (Å²) >= 11 is 7.41. The quantitative estimate of drug-likeness (QED) is 0.596. The van der Waals surface area contributed by atoms with Gasteiger partial charge in [-0.05, 0) is 44.5 Å². The number of piperazine rings is 1. The van der Waals surface area contributed by atoms with Crippen LogP contribution in [0, 0.1) is 26.6 Å². The molecule has 0 aliphatic carbocycles. The molecule has 0 saturated carbocycles. The molecule has 3 aromatic rings. The predicted octanol–water partition coefficient (Wildman–Crippen LogP) is 4.01. The van der Waals surface area contributed by atoms with Gasteiger partial charge in [-0.15, -0.1) is 11.3 Å². The zero-order valence-electron chi connectivity index (χ0n) is 16.8. The lowest BCUT2D eigenvalue weighted by Gasteiger charge is -2.34. The Kier molecular flexibility index (Phi) is 5.46. The van der Waals surface area contributed by atoms with Gasteiger partial charge in [0.1, 0.15) is 16.5 Å². The van der Waals surface area contributed by atoms with Crippen LogP contribution >= 0.6 is 22.9 Å². The molecule has 0 N–H and O–H groups in total. The Morgan fingerprint density at radius 1 is 1.03 bits per heavy atom. The van der Waals surface area contributed by atoms with E-state index in [1.165, 1.54) is 23.5 Å². The first-order valence-electron chi connectivity index (χ1n) is 9.54. The summed E-state index contributed by atoms with van der Waals surface area (Å²) in [6.07, 6.45) is 0. The van der Waals surface area contributed by atoms with Crippen LogP contribution in [0.1, 0.15) is 37.1 Å². The van der Waals surface area contributed by atoms with E-state index in [0.29, 0.717) is 36.9 Å². The number of aromatic nitrogens is 2. The van der Waals surface area contributed by atoms with Crippen LogP contribution in [0.5, 0.6) is 0 Å². The highest BCUT2D eigenvalue weighted by Crippen LogP contribution is 2.32. The first-order valence-corrected chi connectivity index (χ1v) is 10.7. The smallest absolute Gasteiger partial charge is 0.264 e. The molecule has 3 heterocycles. The second-order valence-corrected chi connectivity index (χ2v) is 8.71. The summed E-state index contributed by atoms with van der Waals surface area (Å²) in [5.41, 5.74) is 2.04. The number of fused-ring (bicyclic) bond motifs is 1. The first-order chi connectivity index (χ1) is 14.3. The molecular weight excluding hydrogens is 427 g/mol. The number of aryl methyl sites for hydroxylation is 3. The van der Waals surface area contributed by atoms with Crippen molar-refractivity contribution in [3.63, 3.8) is 0 Å². The molecule has 0 bridgehead atoms. The molecule has 1 saturated heterocycles. The average molecular weight is 447 g/mol. The van der Waals surface area contributed by atoms with Gasteiger partial charge < -0.3 is 9.80 Å². The molecule has 30 heavy (non-hydrogen) atoms. The molecule has 0 spiro atoms. The third-order valence-corrected chi connectivity index (χ3v) is 6.78. The fourth-order valence-corrected chi connectivity index (χ4v) is 5.26. The number of hydrogen-bond acceptors (Lipinski definition) is 5. The van der Waals surface area contributed by atoms with Crippen LogP contribution < -0.4 is 0 Å². The topological polar surface area (TPSA) is 66.4 Å². The molecule has 9 heteroatoms. The SMILES string of the molecule is Cc1nc(C)c2c(C)c(C(=O)N3CCN(C(=O)c4ccc(F)cc4Cl)CC3)sc2n1. The van der Waals surface area contributed by atoms with Crippen molar-refractivity contribution in [2.75, 3.05) is 26.2 Å². The Balaban J connectivity index is 1.50. The molecule has 4 rings (SSSR count). The van der Waals surface area contributed by atoms with Gasteiger partial charge >= 0.3 is 0 Å². The third-order valence-electron chi connectivity index (χ3n) is 5.29. The number of rotatable bonds is 2. The van der Waals surface area contributed by atoms with Crippen LogP contribution in [0.2, 0.25) is 5.02 Å². The Morgan fingerprint density at radius 2 is 1.67 bits per heavy atom. The minimum Gasteiger partial charge on any atom is -0.335 e. The van der Waals surface area contributed by atoms with Crippen LogP contribution in [0.4, 0.5) is 4.39 Å². The first kappa shape index (κ1) is 20.7. The van der Waals surface area contributed by atoms with E-state index in [1.807, 2.05) is 20.8 Å². The maximum atomic E-state index is 13.3. The molecule has 1 fully saturated rings. The number of hydrogen-bond donors (Lipinski definition) is 0. The maximum Gasteiger partial charge on any atom is 0.264 e.